The van der Waals surface area contributed by atoms with Crippen LogP contribution in [0.5, 0.6) is 0 Å². The van der Waals surface area contributed by atoms with E-state index in [0.29, 0.717) is 0 Å². The largest absolute Gasteiger partial charge is 0.330 e. The molecule has 0 radical (unpaired) electrons. The summed E-state index contributed by atoms with van der Waals surface area (Å²) in [5, 5.41) is 0. The Morgan fingerprint density at radius 3 is 2.76 bits per heavy atom. The lowest BCUT2D eigenvalue weighted by Gasteiger charge is -2.36. The maximum Gasteiger partial charge on any atom is 0.0104 e. The summed E-state index contributed by atoms with van der Waals surface area (Å²) in [6.45, 7) is 6.00. The summed E-state index contributed by atoms with van der Waals surface area (Å²) in [6.07, 6.45) is 8.28. The lowest BCUT2D eigenvalue weighted by atomic mass is 9.96. The van der Waals surface area contributed by atoms with E-state index >= 15 is 0 Å². The van der Waals surface area contributed by atoms with Crippen molar-refractivity contribution in [3.8, 4) is 0 Å². The van der Waals surface area contributed by atoms with E-state index in [-0.39, 0.29) is 0 Å². The summed E-state index contributed by atoms with van der Waals surface area (Å²) in [5.74, 6) is 0.757. The Bertz CT molecular complexity index is 220. The van der Waals surface area contributed by atoms with Crippen LogP contribution in [0, 0.1) is 5.92 Å². The van der Waals surface area contributed by atoms with Gasteiger partial charge in [0.1, 0.15) is 0 Å². The van der Waals surface area contributed by atoms with Crippen molar-refractivity contribution < 1.29 is 0 Å². The molecular weight excluding hydrogens is 210 g/mol. The van der Waals surface area contributed by atoms with E-state index in [9.17, 15) is 0 Å². The van der Waals surface area contributed by atoms with E-state index < -0.39 is 0 Å². The van der Waals surface area contributed by atoms with E-state index in [1.165, 1.54) is 64.7 Å². The number of piperidine rings is 2. The minimum atomic E-state index is 0.757. The van der Waals surface area contributed by atoms with Gasteiger partial charge in [0.25, 0.3) is 0 Å². The first-order valence-corrected chi connectivity index (χ1v) is 7.42. The molecule has 17 heavy (non-hydrogen) atoms. The van der Waals surface area contributed by atoms with Gasteiger partial charge in [-0.05, 0) is 71.2 Å². The molecule has 2 saturated heterocycles. The molecule has 2 unspecified atom stereocenters. The molecule has 100 valence electrons. The van der Waals surface area contributed by atoms with E-state index in [2.05, 4.69) is 16.8 Å². The molecule has 3 nitrogen and oxygen atoms in total. The van der Waals surface area contributed by atoms with Crippen LogP contribution in [0.1, 0.15) is 38.5 Å². The summed E-state index contributed by atoms with van der Waals surface area (Å²) < 4.78 is 0. The van der Waals surface area contributed by atoms with Crippen LogP contribution in [0.2, 0.25) is 0 Å². The molecule has 2 atom stereocenters. The van der Waals surface area contributed by atoms with Crippen molar-refractivity contribution in [1.82, 2.24) is 9.80 Å². The summed E-state index contributed by atoms with van der Waals surface area (Å²) in [5.41, 5.74) is 5.79. The van der Waals surface area contributed by atoms with E-state index in [1.54, 1.807) is 0 Å². The van der Waals surface area contributed by atoms with Gasteiger partial charge in [-0.3, -0.25) is 0 Å². The highest BCUT2D eigenvalue weighted by atomic mass is 15.2. The first kappa shape index (κ1) is 13.3. The zero-order valence-corrected chi connectivity index (χ0v) is 11.4. The number of hydrogen-bond acceptors (Lipinski definition) is 3. The van der Waals surface area contributed by atoms with Crippen LogP contribution in [0.25, 0.3) is 0 Å². The van der Waals surface area contributed by atoms with Crippen LogP contribution in [0.15, 0.2) is 0 Å². The Balaban J connectivity index is 1.69. The van der Waals surface area contributed by atoms with E-state index in [4.69, 9.17) is 5.73 Å². The summed E-state index contributed by atoms with van der Waals surface area (Å²) >= 11 is 0. The molecule has 2 aliphatic rings. The average molecular weight is 239 g/mol. The van der Waals surface area contributed by atoms with Crippen molar-refractivity contribution >= 4 is 0 Å². The van der Waals surface area contributed by atoms with Crippen LogP contribution in [-0.4, -0.2) is 55.6 Å². The smallest absolute Gasteiger partial charge is 0.0104 e. The zero-order valence-electron chi connectivity index (χ0n) is 11.4. The highest BCUT2D eigenvalue weighted by molar-refractivity contribution is 4.78. The van der Waals surface area contributed by atoms with Crippen LogP contribution >= 0.6 is 0 Å². The number of rotatable bonds is 4. The lowest BCUT2D eigenvalue weighted by Crippen LogP contribution is -2.42. The number of likely N-dealkylation sites (tertiary alicyclic amines) is 2. The summed E-state index contributed by atoms with van der Waals surface area (Å²) in [6, 6.07) is 0.835. The third-order valence-corrected chi connectivity index (χ3v) is 4.64. The second kappa shape index (κ2) is 6.72. The molecule has 0 aromatic rings. The minimum Gasteiger partial charge on any atom is -0.330 e. The van der Waals surface area contributed by atoms with Gasteiger partial charge < -0.3 is 15.5 Å². The third kappa shape index (κ3) is 3.94. The molecule has 2 rings (SSSR count). The number of hydrogen-bond donors (Lipinski definition) is 1. The number of nitrogens with two attached hydrogens (primary N) is 1. The highest BCUT2D eigenvalue weighted by Gasteiger charge is 2.22. The van der Waals surface area contributed by atoms with Crippen molar-refractivity contribution in [2.75, 3.05) is 39.8 Å². The Hall–Kier alpha value is -0.120. The SMILES string of the molecule is CN1CCCCC1CCN1CCCC(CN)C1. The van der Waals surface area contributed by atoms with Crippen molar-refractivity contribution in [1.29, 1.82) is 0 Å². The van der Waals surface area contributed by atoms with Gasteiger partial charge in [-0.15, -0.1) is 0 Å². The fourth-order valence-electron chi connectivity index (χ4n) is 3.39. The van der Waals surface area contributed by atoms with E-state index in [0.717, 1.165) is 18.5 Å². The van der Waals surface area contributed by atoms with Gasteiger partial charge in [0.15, 0.2) is 0 Å². The van der Waals surface area contributed by atoms with E-state index in [1.807, 2.05) is 0 Å². The molecule has 2 fully saturated rings. The van der Waals surface area contributed by atoms with Gasteiger partial charge in [-0.1, -0.05) is 6.42 Å². The fraction of sp³-hybridized carbons (Fsp3) is 1.00. The Labute approximate surface area is 106 Å². The Morgan fingerprint density at radius 1 is 1.12 bits per heavy atom. The van der Waals surface area contributed by atoms with Gasteiger partial charge in [0, 0.05) is 12.6 Å². The molecule has 0 aliphatic carbocycles. The molecule has 3 heteroatoms. The van der Waals surface area contributed by atoms with Gasteiger partial charge in [-0.2, -0.15) is 0 Å². The van der Waals surface area contributed by atoms with Crippen molar-refractivity contribution in [2.45, 2.75) is 44.6 Å². The quantitative estimate of drug-likeness (QED) is 0.807. The summed E-state index contributed by atoms with van der Waals surface area (Å²) in [7, 11) is 2.29. The van der Waals surface area contributed by atoms with Crippen LogP contribution < -0.4 is 5.73 Å². The van der Waals surface area contributed by atoms with Gasteiger partial charge in [-0.25, -0.2) is 0 Å². The van der Waals surface area contributed by atoms with Gasteiger partial charge >= 0.3 is 0 Å². The molecule has 0 aromatic heterocycles. The molecule has 0 amide bonds. The first-order chi connectivity index (χ1) is 8.29. The predicted octanol–water partition coefficient (Wildman–Crippen LogP) is 1.53. The Kier molecular flexibility index (Phi) is 5.26. The fourth-order valence-corrected chi connectivity index (χ4v) is 3.39. The molecule has 2 heterocycles. The average Bonchev–Trinajstić information content (AvgIpc) is 2.38. The molecule has 0 saturated carbocycles. The predicted molar refractivity (Wildman–Crippen MR) is 73.1 cm³/mol. The lowest BCUT2D eigenvalue weighted by molar-refractivity contribution is 0.130. The topological polar surface area (TPSA) is 32.5 Å². The molecule has 0 bridgehead atoms. The highest BCUT2D eigenvalue weighted by Crippen LogP contribution is 2.20. The minimum absolute atomic E-state index is 0.757. The Morgan fingerprint density at radius 2 is 2.00 bits per heavy atom. The second-order valence-corrected chi connectivity index (χ2v) is 5.96. The summed E-state index contributed by atoms with van der Waals surface area (Å²) in [4.78, 5) is 5.21. The second-order valence-electron chi connectivity index (χ2n) is 5.96. The van der Waals surface area contributed by atoms with Crippen molar-refractivity contribution in [3.05, 3.63) is 0 Å². The van der Waals surface area contributed by atoms with Crippen LogP contribution in [0.3, 0.4) is 0 Å². The normalized spacial score (nSPS) is 32.8. The standard InChI is InChI=1S/C14H29N3/c1-16-8-3-2-6-14(16)7-10-17-9-4-5-13(11-15)12-17/h13-14H,2-12,15H2,1H3. The van der Waals surface area contributed by atoms with Gasteiger partial charge in [0.2, 0.25) is 0 Å². The molecule has 2 aliphatic heterocycles. The third-order valence-electron chi connectivity index (χ3n) is 4.64. The molecule has 0 aromatic carbocycles. The zero-order chi connectivity index (χ0) is 12.1. The molecule has 2 N–H and O–H groups in total. The maximum atomic E-state index is 5.79. The van der Waals surface area contributed by atoms with Gasteiger partial charge in [0.05, 0.1) is 0 Å². The van der Waals surface area contributed by atoms with Crippen molar-refractivity contribution in [2.24, 2.45) is 11.7 Å². The molecule has 0 spiro atoms. The number of nitrogens with zero attached hydrogens (tertiary/aromatic N) is 2. The monoisotopic (exact) mass is 239 g/mol. The molecular formula is C14H29N3. The first-order valence-electron chi connectivity index (χ1n) is 7.42. The van der Waals surface area contributed by atoms with Crippen molar-refractivity contribution in [3.63, 3.8) is 0 Å². The maximum absolute atomic E-state index is 5.79. The van der Waals surface area contributed by atoms with Crippen LogP contribution in [-0.2, 0) is 0 Å². The van der Waals surface area contributed by atoms with Crippen LogP contribution in [0.4, 0.5) is 0 Å².